The van der Waals surface area contributed by atoms with Gasteiger partial charge in [-0.1, -0.05) is 0 Å². The quantitative estimate of drug-likeness (QED) is 0.772. The van der Waals surface area contributed by atoms with Gasteiger partial charge in [0.1, 0.15) is 6.54 Å². The summed E-state index contributed by atoms with van der Waals surface area (Å²) in [5.74, 6) is 1.61. The van der Waals surface area contributed by atoms with Gasteiger partial charge >= 0.3 is 5.97 Å². The number of likely N-dealkylation sites (tertiary alicyclic amines) is 1. The Kier molecular flexibility index (Phi) is 6.71. The summed E-state index contributed by atoms with van der Waals surface area (Å²) < 4.78 is 16.1. The van der Waals surface area contributed by atoms with E-state index in [1.165, 1.54) is 10.5 Å². The topological polar surface area (TPSA) is 49.2 Å². The molecule has 128 valence electrons. The summed E-state index contributed by atoms with van der Waals surface area (Å²) in [5.41, 5.74) is 1.24. The van der Waals surface area contributed by atoms with Crippen molar-refractivity contribution >= 4 is 5.97 Å². The van der Waals surface area contributed by atoms with E-state index < -0.39 is 0 Å². The highest BCUT2D eigenvalue weighted by Gasteiger charge is 2.28. The maximum Gasteiger partial charge on any atom is 0.309 e. The number of carbonyl (C=O) groups excluding carboxylic acids is 1. The second-order valence-corrected chi connectivity index (χ2v) is 5.87. The van der Waals surface area contributed by atoms with Crippen molar-refractivity contribution in [1.82, 2.24) is 0 Å². The van der Waals surface area contributed by atoms with Crippen molar-refractivity contribution in [2.45, 2.75) is 33.2 Å². The number of methoxy groups -OCH3 is 1. The molecule has 0 radical (unpaired) electrons. The molecule has 0 bridgehead atoms. The molecule has 0 atom stereocenters. The molecule has 2 rings (SSSR count). The lowest BCUT2D eigenvalue weighted by Crippen LogP contribution is -3.11. The van der Waals surface area contributed by atoms with Gasteiger partial charge in [-0.05, 0) is 32.0 Å². The number of ether oxygens (including phenoxy) is 3. The van der Waals surface area contributed by atoms with Gasteiger partial charge in [0.2, 0.25) is 0 Å². The first-order chi connectivity index (χ1) is 11.2. The molecule has 0 aromatic heterocycles. The Labute approximate surface area is 138 Å². The highest BCUT2D eigenvalue weighted by molar-refractivity contribution is 5.72. The number of rotatable bonds is 7. The van der Waals surface area contributed by atoms with Crippen LogP contribution in [0.2, 0.25) is 0 Å². The van der Waals surface area contributed by atoms with Crippen molar-refractivity contribution in [3.8, 4) is 11.5 Å². The lowest BCUT2D eigenvalue weighted by molar-refractivity contribution is -0.919. The van der Waals surface area contributed by atoms with Crippen LogP contribution in [0, 0.1) is 5.92 Å². The van der Waals surface area contributed by atoms with Gasteiger partial charge in [0.25, 0.3) is 0 Å². The third kappa shape index (κ3) is 4.86. The highest BCUT2D eigenvalue weighted by atomic mass is 16.5. The molecule has 1 aliphatic heterocycles. The zero-order valence-corrected chi connectivity index (χ0v) is 14.4. The number of carbonyl (C=O) groups is 1. The van der Waals surface area contributed by atoms with Crippen molar-refractivity contribution in [2.24, 2.45) is 5.92 Å². The van der Waals surface area contributed by atoms with E-state index in [-0.39, 0.29) is 11.9 Å². The second kappa shape index (κ2) is 8.77. The average Bonchev–Trinajstić information content (AvgIpc) is 2.56. The zero-order valence-electron chi connectivity index (χ0n) is 14.4. The smallest absolute Gasteiger partial charge is 0.309 e. The summed E-state index contributed by atoms with van der Waals surface area (Å²) in [6.07, 6.45) is 1.81. The number of esters is 1. The predicted molar refractivity (Wildman–Crippen MR) is 87.9 cm³/mol. The third-order valence-electron chi connectivity index (χ3n) is 4.29. The Hall–Kier alpha value is -1.75. The first-order valence-corrected chi connectivity index (χ1v) is 8.47. The van der Waals surface area contributed by atoms with Gasteiger partial charge in [0, 0.05) is 18.4 Å². The maximum atomic E-state index is 11.8. The molecular formula is C18H28NO4+. The summed E-state index contributed by atoms with van der Waals surface area (Å²) >= 11 is 0. The van der Waals surface area contributed by atoms with Gasteiger partial charge in [0.15, 0.2) is 11.5 Å². The van der Waals surface area contributed by atoms with Crippen LogP contribution in [-0.2, 0) is 16.1 Å². The minimum atomic E-state index is -0.0328. The third-order valence-corrected chi connectivity index (χ3v) is 4.29. The van der Waals surface area contributed by atoms with E-state index in [1.807, 2.05) is 19.9 Å². The minimum absolute atomic E-state index is 0.0328. The SMILES string of the molecule is CCOC(=O)C1CC[NH+](Cc2ccc(OC)c(OCC)c2)CC1. The van der Waals surface area contributed by atoms with E-state index in [4.69, 9.17) is 14.2 Å². The van der Waals surface area contributed by atoms with Crippen molar-refractivity contribution in [3.63, 3.8) is 0 Å². The molecule has 0 spiro atoms. The summed E-state index contributed by atoms with van der Waals surface area (Å²) in [4.78, 5) is 13.3. The van der Waals surface area contributed by atoms with Crippen LogP contribution in [0.15, 0.2) is 18.2 Å². The Morgan fingerprint density at radius 2 is 1.91 bits per heavy atom. The number of benzene rings is 1. The van der Waals surface area contributed by atoms with Crippen LogP contribution in [0.1, 0.15) is 32.3 Å². The van der Waals surface area contributed by atoms with Gasteiger partial charge in [-0.2, -0.15) is 0 Å². The number of quaternary nitrogens is 1. The Balaban J connectivity index is 1.91. The van der Waals surface area contributed by atoms with Crippen molar-refractivity contribution in [2.75, 3.05) is 33.4 Å². The molecule has 1 aromatic carbocycles. The van der Waals surface area contributed by atoms with E-state index in [0.29, 0.717) is 13.2 Å². The fourth-order valence-corrected chi connectivity index (χ4v) is 3.09. The number of hydrogen-bond acceptors (Lipinski definition) is 4. The Bertz CT molecular complexity index is 510. The molecule has 0 amide bonds. The first-order valence-electron chi connectivity index (χ1n) is 8.47. The molecule has 1 aliphatic rings. The van der Waals surface area contributed by atoms with Crippen LogP contribution in [-0.4, -0.2) is 39.4 Å². The molecule has 23 heavy (non-hydrogen) atoms. The molecule has 0 unspecified atom stereocenters. The second-order valence-electron chi connectivity index (χ2n) is 5.87. The van der Waals surface area contributed by atoms with E-state index in [1.54, 1.807) is 7.11 Å². The molecule has 0 aliphatic carbocycles. The summed E-state index contributed by atoms with van der Waals surface area (Å²) in [5, 5.41) is 0. The average molecular weight is 322 g/mol. The van der Waals surface area contributed by atoms with Crippen molar-refractivity contribution < 1.29 is 23.9 Å². The van der Waals surface area contributed by atoms with Crippen LogP contribution in [0.5, 0.6) is 11.5 Å². The fourth-order valence-electron chi connectivity index (χ4n) is 3.09. The molecular weight excluding hydrogens is 294 g/mol. The normalized spacial score (nSPS) is 20.8. The van der Waals surface area contributed by atoms with Gasteiger partial charge in [-0.3, -0.25) is 4.79 Å². The predicted octanol–water partition coefficient (Wildman–Crippen LogP) is 1.45. The number of hydrogen-bond donors (Lipinski definition) is 1. The Morgan fingerprint density at radius 1 is 1.17 bits per heavy atom. The van der Waals surface area contributed by atoms with E-state index in [2.05, 4.69) is 12.1 Å². The summed E-state index contributed by atoms with van der Waals surface area (Å²) in [6.45, 7) is 7.86. The molecule has 1 saturated heterocycles. The van der Waals surface area contributed by atoms with Gasteiger partial charge < -0.3 is 19.1 Å². The maximum absolute atomic E-state index is 11.8. The zero-order chi connectivity index (χ0) is 16.7. The van der Waals surface area contributed by atoms with Gasteiger partial charge in [-0.25, -0.2) is 0 Å². The van der Waals surface area contributed by atoms with Crippen LogP contribution < -0.4 is 14.4 Å². The molecule has 1 fully saturated rings. The Morgan fingerprint density at radius 3 is 2.52 bits per heavy atom. The van der Waals surface area contributed by atoms with Crippen LogP contribution >= 0.6 is 0 Å². The molecule has 5 heteroatoms. The van der Waals surface area contributed by atoms with Gasteiger partial charge in [-0.15, -0.1) is 0 Å². The van der Waals surface area contributed by atoms with Crippen LogP contribution in [0.4, 0.5) is 0 Å². The largest absolute Gasteiger partial charge is 0.493 e. The van der Waals surface area contributed by atoms with E-state index in [9.17, 15) is 4.79 Å². The van der Waals surface area contributed by atoms with E-state index in [0.717, 1.165) is 44.0 Å². The van der Waals surface area contributed by atoms with Crippen molar-refractivity contribution in [1.29, 1.82) is 0 Å². The number of piperidine rings is 1. The summed E-state index contributed by atoms with van der Waals surface area (Å²) in [7, 11) is 1.66. The molecule has 1 aromatic rings. The number of nitrogens with one attached hydrogen (secondary N) is 1. The molecule has 5 nitrogen and oxygen atoms in total. The standard InChI is InChI=1S/C18H27NO4/c1-4-22-17-12-14(6-7-16(17)21-3)13-19-10-8-15(9-11-19)18(20)23-5-2/h6-7,12,15H,4-5,8-11,13H2,1-3H3/p+1. The van der Waals surface area contributed by atoms with E-state index >= 15 is 0 Å². The molecule has 1 N–H and O–H groups in total. The summed E-state index contributed by atoms with van der Waals surface area (Å²) in [6, 6.07) is 6.11. The fraction of sp³-hybridized carbons (Fsp3) is 0.611. The lowest BCUT2D eigenvalue weighted by Gasteiger charge is -2.28. The monoisotopic (exact) mass is 322 g/mol. The van der Waals surface area contributed by atoms with Gasteiger partial charge in [0.05, 0.1) is 39.3 Å². The van der Waals surface area contributed by atoms with Crippen LogP contribution in [0.25, 0.3) is 0 Å². The highest BCUT2D eigenvalue weighted by Crippen LogP contribution is 2.27. The minimum Gasteiger partial charge on any atom is -0.493 e. The first kappa shape index (κ1) is 17.6. The van der Waals surface area contributed by atoms with Crippen LogP contribution in [0.3, 0.4) is 0 Å². The van der Waals surface area contributed by atoms with Crippen molar-refractivity contribution in [3.05, 3.63) is 23.8 Å². The molecule has 1 heterocycles. The lowest BCUT2D eigenvalue weighted by atomic mass is 9.96. The molecule has 0 saturated carbocycles.